The first kappa shape index (κ1) is 22.4. The van der Waals surface area contributed by atoms with E-state index in [1.807, 2.05) is 0 Å². The summed E-state index contributed by atoms with van der Waals surface area (Å²) in [5.41, 5.74) is -1.13. The van der Waals surface area contributed by atoms with Gasteiger partial charge in [-0.25, -0.2) is 9.18 Å². The topological polar surface area (TPSA) is 142 Å². The predicted octanol–water partition coefficient (Wildman–Crippen LogP) is 2.93. The first-order valence-corrected chi connectivity index (χ1v) is 8.76. The highest BCUT2D eigenvalue weighted by Gasteiger charge is 2.26. The van der Waals surface area contributed by atoms with Crippen molar-refractivity contribution in [1.82, 2.24) is 5.32 Å². The zero-order valence-corrected chi connectivity index (χ0v) is 16.0. The van der Waals surface area contributed by atoms with Crippen LogP contribution in [0.1, 0.15) is 29.8 Å². The smallest absolute Gasteiger partial charge is 0.329 e. The van der Waals surface area contributed by atoms with Gasteiger partial charge in [0, 0.05) is 18.6 Å². The largest absolute Gasteiger partial charge is 0.461 e. The van der Waals surface area contributed by atoms with Gasteiger partial charge < -0.3 is 10.1 Å². The van der Waals surface area contributed by atoms with Crippen LogP contribution in [0.25, 0.3) is 0 Å². The number of benzene rings is 2. The summed E-state index contributed by atoms with van der Waals surface area (Å²) in [5, 5.41) is 24.4. The van der Waals surface area contributed by atoms with Gasteiger partial charge in [-0.3, -0.25) is 25.0 Å². The Morgan fingerprint density at radius 1 is 1.03 bits per heavy atom. The highest BCUT2D eigenvalue weighted by Crippen LogP contribution is 2.23. The molecule has 0 spiro atoms. The van der Waals surface area contributed by atoms with Crippen LogP contribution in [-0.2, 0) is 16.0 Å². The monoisotopic (exact) mass is 419 g/mol. The summed E-state index contributed by atoms with van der Waals surface area (Å²) in [6.07, 6.45) is -0.529. The molecule has 1 N–H and O–H groups in total. The van der Waals surface area contributed by atoms with Crippen LogP contribution in [0, 0.1) is 26.0 Å². The molecule has 0 aliphatic heterocycles. The van der Waals surface area contributed by atoms with E-state index in [0.29, 0.717) is 5.56 Å². The number of esters is 1. The van der Waals surface area contributed by atoms with Crippen LogP contribution in [0.4, 0.5) is 15.8 Å². The molecule has 1 amide bonds. The minimum Gasteiger partial charge on any atom is -0.461 e. The molecule has 2 rings (SSSR count). The number of ether oxygens (including phenoxy) is 1. The van der Waals surface area contributed by atoms with E-state index in [1.54, 1.807) is 13.8 Å². The SMILES string of the molecule is CC(C)OC(=O)[C@@H](Cc1ccc(F)cc1)NC(=O)c1cc([N+](=O)[O-])cc([N+](=O)[O-])c1. The Hall–Kier alpha value is -3.89. The minimum atomic E-state index is -1.20. The van der Waals surface area contributed by atoms with E-state index < -0.39 is 51.1 Å². The summed E-state index contributed by atoms with van der Waals surface area (Å²) in [7, 11) is 0. The van der Waals surface area contributed by atoms with Crippen molar-refractivity contribution >= 4 is 23.3 Å². The molecule has 0 fully saturated rings. The summed E-state index contributed by atoms with van der Waals surface area (Å²) < 4.78 is 18.2. The molecule has 0 unspecified atom stereocenters. The minimum absolute atomic E-state index is 0.0470. The molecule has 2 aromatic carbocycles. The fourth-order valence-electron chi connectivity index (χ4n) is 2.54. The number of nitro benzene ring substituents is 2. The molecule has 30 heavy (non-hydrogen) atoms. The van der Waals surface area contributed by atoms with E-state index in [4.69, 9.17) is 4.74 Å². The molecule has 11 heteroatoms. The van der Waals surface area contributed by atoms with Gasteiger partial charge in [-0.15, -0.1) is 0 Å². The number of hydrogen-bond donors (Lipinski definition) is 1. The molecule has 0 saturated heterocycles. The number of nitrogens with one attached hydrogen (secondary N) is 1. The van der Waals surface area contributed by atoms with Gasteiger partial charge in [0.25, 0.3) is 17.3 Å². The van der Waals surface area contributed by atoms with E-state index >= 15 is 0 Å². The quantitative estimate of drug-likeness (QED) is 0.394. The second-order valence-electron chi connectivity index (χ2n) is 6.59. The first-order valence-electron chi connectivity index (χ1n) is 8.76. The van der Waals surface area contributed by atoms with E-state index in [1.165, 1.54) is 24.3 Å². The van der Waals surface area contributed by atoms with Crippen molar-refractivity contribution < 1.29 is 28.6 Å². The fraction of sp³-hybridized carbons (Fsp3) is 0.263. The van der Waals surface area contributed by atoms with E-state index in [-0.39, 0.29) is 12.0 Å². The molecule has 158 valence electrons. The third kappa shape index (κ3) is 6.06. The van der Waals surface area contributed by atoms with Gasteiger partial charge in [0.2, 0.25) is 0 Å². The highest BCUT2D eigenvalue weighted by molar-refractivity contribution is 5.98. The van der Waals surface area contributed by atoms with Crippen molar-refractivity contribution in [3.63, 3.8) is 0 Å². The summed E-state index contributed by atoms with van der Waals surface area (Å²) in [6.45, 7) is 3.22. The van der Waals surface area contributed by atoms with E-state index in [9.17, 15) is 34.2 Å². The molecular weight excluding hydrogens is 401 g/mol. The van der Waals surface area contributed by atoms with Crippen LogP contribution in [0.15, 0.2) is 42.5 Å². The Bertz CT molecular complexity index is 944. The van der Waals surface area contributed by atoms with Gasteiger partial charge in [0.05, 0.1) is 27.6 Å². The number of non-ortho nitro benzene ring substituents is 2. The number of rotatable bonds is 8. The van der Waals surface area contributed by atoms with Gasteiger partial charge in [0.1, 0.15) is 11.9 Å². The van der Waals surface area contributed by atoms with Crippen LogP contribution >= 0.6 is 0 Å². The van der Waals surface area contributed by atoms with E-state index in [2.05, 4.69) is 5.32 Å². The Morgan fingerprint density at radius 2 is 1.57 bits per heavy atom. The van der Waals surface area contributed by atoms with Gasteiger partial charge in [-0.1, -0.05) is 12.1 Å². The van der Waals surface area contributed by atoms with Gasteiger partial charge in [-0.05, 0) is 31.5 Å². The van der Waals surface area contributed by atoms with Crippen molar-refractivity contribution in [2.45, 2.75) is 32.4 Å². The van der Waals surface area contributed by atoms with Crippen molar-refractivity contribution in [2.24, 2.45) is 0 Å². The van der Waals surface area contributed by atoms with Crippen LogP contribution in [-0.4, -0.2) is 33.9 Å². The van der Waals surface area contributed by atoms with E-state index in [0.717, 1.165) is 18.2 Å². The maximum atomic E-state index is 13.1. The molecule has 1 atom stereocenters. The molecular formula is C19H18FN3O7. The summed E-state index contributed by atoms with van der Waals surface area (Å²) >= 11 is 0. The second-order valence-corrected chi connectivity index (χ2v) is 6.59. The fourth-order valence-corrected chi connectivity index (χ4v) is 2.54. The zero-order chi connectivity index (χ0) is 22.4. The average molecular weight is 419 g/mol. The van der Waals surface area contributed by atoms with Crippen molar-refractivity contribution in [1.29, 1.82) is 0 Å². The normalized spacial score (nSPS) is 11.6. The maximum Gasteiger partial charge on any atom is 0.329 e. The van der Waals surface area contributed by atoms with Crippen molar-refractivity contribution in [3.05, 3.63) is 79.6 Å². The van der Waals surface area contributed by atoms with Crippen molar-refractivity contribution in [3.8, 4) is 0 Å². The number of hydrogen-bond acceptors (Lipinski definition) is 7. The molecule has 0 saturated carbocycles. The molecule has 0 bridgehead atoms. The average Bonchev–Trinajstić information content (AvgIpc) is 2.68. The lowest BCUT2D eigenvalue weighted by molar-refractivity contribution is -0.394. The third-order valence-electron chi connectivity index (χ3n) is 3.88. The van der Waals surface area contributed by atoms with Gasteiger partial charge >= 0.3 is 5.97 Å². The Morgan fingerprint density at radius 3 is 2.03 bits per heavy atom. The number of amides is 1. The van der Waals surface area contributed by atoms with Crippen LogP contribution in [0.5, 0.6) is 0 Å². The molecule has 0 radical (unpaired) electrons. The lowest BCUT2D eigenvalue weighted by Crippen LogP contribution is -2.44. The third-order valence-corrected chi connectivity index (χ3v) is 3.88. The lowest BCUT2D eigenvalue weighted by atomic mass is 10.0. The zero-order valence-electron chi connectivity index (χ0n) is 16.0. The lowest BCUT2D eigenvalue weighted by Gasteiger charge is -2.19. The summed E-state index contributed by atoms with van der Waals surface area (Å²) in [6, 6.07) is 6.47. The highest BCUT2D eigenvalue weighted by atomic mass is 19.1. The molecule has 10 nitrogen and oxygen atoms in total. The van der Waals surface area contributed by atoms with Gasteiger partial charge in [-0.2, -0.15) is 0 Å². The second kappa shape index (κ2) is 9.54. The predicted molar refractivity (Wildman–Crippen MR) is 102 cm³/mol. The molecule has 0 heterocycles. The number of nitrogens with zero attached hydrogens (tertiary/aromatic N) is 2. The van der Waals surface area contributed by atoms with Crippen LogP contribution < -0.4 is 5.32 Å². The van der Waals surface area contributed by atoms with Crippen LogP contribution in [0.2, 0.25) is 0 Å². The first-order chi connectivity index (χ1) is 14.1. The number of carbonyl (C=O) groups is 2. The molecule has 0 aliphatic rings. The maximum absolute atomic E-state index is 13.1. The molecule has 0 aromatic heterocycles. The number of halogens is 1. The molecule has 2 aromatic rings. The Kier molecular flexibility index (Phi) is 7.13. The Labute approximate surface area is 170 Å². The molecule has 0 aliphatic carbocycles. The van der Waals surface area contributed by atoms with Gasteiger partial charge in [0.15, 0.2) is 0 Å². The standard InChI is InChI=1S/C19H18FN3O7/c1-11(2)30-19(25)17(7-12-3-5-14(20)6-4-12)21-18(24)13-8-15(22(26)27)10-16(9-13)23(28)29/h3-6,8-11,17H,7H2,1-2H3,(H,21,24)/t17-/m1/s1. The van der Waals surface area contributed by atoms with Crippen molar-refractivity contribution in [2.75, 3.05) is 0 Å². The Balaban J connectivity index is 2.32. The summed E-state index contributed by atoms with van der Waals surface area (Å²) in [4.78, 5) is 45.3. The number of nitro groups is 2. The summed E-state index contributed by atoms with van der Waals surface area (Å²) in [5.74, 6) is -2.19. The number of carbonyl (C=O) groups excluding carboxylic acids is 2. The van der Waals surface area contributed by atoms with Crippen LogP contribution in [0.3, 0.4) is 0 Å².